The Hall–Kier alpha value is -4.17. The zero-order valence-electron chi connectivity index (χ0n) is 28.6. The van der Waals surface area contributed by atoms with Gasteiger partial charge in [0.25, 0.3) is 0 Å². The third-order valence-electron chi connectivity index (χ3n) is 7.71. The molecule has 49 heavy (non-hydrogen) atoms. The summed E-state index contributed by atoms with van der Waals surface area (Å²) in [6, 6.07) is 19.1. The lowest BCUT2D eigenvalue weighted by molar-refractivity contribution is -0.132. The molecule has 1 unspecified atom stereocenters. The maximum Gasteiger partial charge on any atom is 0.243 e. The average Bonchev–Trinajstić information content (AvgIpc) is 3.03. The van der Waals surface area contributed by atoms with E-state index in [1.165, 1.54) is 46.9 Å². The number of aliphatic hydroxyl groups is 1. The Labute approximate surface area is 288 Å². The van der Waals surface area contributed by atoms with Crippen molar-refractivity contribution in [3.63, 3.8) is 0 Å². The first kappa shape index (κ1) is 39.3. The van der Waals surface area contributed by atoms with Gasteiger partial charge in [-0.25, -0.2) is 12.8 Å². The lowest BCUT2D eigenvalue weighted by Crippen LogP contribution is -2.59. The van der Waals surface area contributed by atoms with Gasteiger partial charge in [0, 0.05) is 19.6 Å². The first-order valence-corrected chi connectivity index (χ1v) is 17.6. The average molecular weight is 698 g/mol. The van der Waals surface area contributed by atoms with Crippen LogP contribution in [0.2, 0.25) is 0 Å². The molecule has 3 aromatic carbocycles. The van der Waals surface area contributed by atoms with Crippen LogP contribution in [0, 0.1) is 17.2 Å². The van der Waals surface area contributed by atoms with Crippen LogP contribution in [-0.2, 0) is 32.6 Å². The van der Waals surface area contributed by atoms with E-state index in [1.807, 2.05) is 44.2 Å². The number of benzene rings is 3. The quantitative estimate of drug-likeness (QED) is 0.0817. The van der Waals surface area contributed by atoms with Crippen molar-refractivity contribution in [2.75, 3.05) is 19.6 Å². The molecule has 0 aliphatic carbocycles. The second kappa shape index (κ2) is 18.0. The van der Waals surface area contributed by atoms with E-state index in [-0.39, 0.29) is 49.2 Å². The largest absolute Gasteiger partial charge is 0.411 e. The van der Waals surface area contributed by atoms with Crippen molar-refractivity contribution in [3.05, 3.63) is 101 Å². The number of carbonyl (C=O) groups is 2. The Kier molecular flexibility index (Phi) is 14.4. The molecular weight excluding hydrogens is 649 g/mol. The Morgan fingerprint density at radius 1 is 0.939 bits per heavy atom. The molecule has 3 atom stereocenters. The summed E-state index contributed by atoms with van der Waals surface area (Å²) in [5, 5.41) is 32.1. The minimum absolute atomic E-state index is 0.000557. The van der Waals surface area contributed by atoms with Crippen molar-refractivity contribution in [3.8, 4) is 0 Å². The number of oxime groups is 1. The molecule has 0 fully saturated rings. The summed E-state index contributed by atoms with van der Waals surface area (Å²) in [6.07, 6.45) is 0.0424. The number of carbonyl (C=O) groups excluding carboxylic acids is 2. The first-order valence-electron chi connectivity index (χ1n) is 16.1. The summed E-state index contributed by atoms with van der Waals surface area (Å²) < 4.78 is 42.3. The molecule has 3 aromatic rings. The number of rotatable bonds is 17. The molecule has 0 heterocycles. The molecule has 13 heteroatoms. The topological polar surface area (TPSA) is 160 Å². The smallest absolute Gasteiger partial charge is 0.243 e. The van der Waals surface area contributed by atoms with Crippen LogP contribution >= 0.6 is 0 Å². The molecule has 0 saturated carbocycles. The van der Waals surface area contributed by atoms with Gasteiger partial charge in [0.1, 0.15) is 11.9 Å². The van der Waals surface area contributed by atoms with Crippen molar-refractivity contribution in [1.29, 1.82) is 0 Å². The summed E-state index contributed by atoms with van der Waals surface area (Å²) in [5.41, 5.74) is 1.25. The maximum absolute atomic E-state index is 13.9. The third-order valence-corrected chi connectivity index (χ3v) is 9.56. The minimum atomic E-state index is -4.08. The van der Waals surface area contributed by atoms with Crippen molar-refractivity contribution < 1.29 is 32.7 Å². The van der Waals surface area contributed by atoms with Crippen LogP contribution in [-0.4, -0.2) is 78.9 Å². The number of hydrogen-bond acceptors (Lipinski definition) is 8. The number of hydrogen-bond donors (Lipinski definition) is 5. The van der Waals surface area contributed by atoms with E-state index in [4.69, 9.17) is 5.21 Å². The van der Waals surface area contributed by atoms with E-state index in [0.717, 1.165) is 5.56 Å². The molecule has 0 radical (unpaired) electrons. The molecular formula is C36H48FN5O6S. The standard InChI is InChI=1S/C36H48FN5O6S/c1-25(2)23-42(49(47,48)30-16-14-27(15-17-30)21-39-46)24-32(43)31(19-26-10-7-6-8-11-26)40-35(45)34(36(3,4)5)41-33(44)22-38-20-28-12-9-13-29(37)18-28/h6-18,21,25,31-32,34,38,43,46H,19-20,22-24H2,1-5H3,(H,40,45)(H,41,44)/b39-21+/t31-,32?,34-/m0/s1. The predicted octanol–water partition coefficient (Wildman–Crippen LogP) is 3.69. The van der Waals surface area contributed by atoms with E-state index >= 15 is 0 Å². The van der Waals surface area contributed by atoms with Gasteiger partial charge in [-0.05, 0) is 58.7 Å². The number of nitrogens with one attached hydrogen (secondary N) is 3. The van der Waals surface area contributed by atoms with Gasteiger partial charge in [0.05, 0.1) is 29.8 Å². The van der Waals surface area contributed by atoms with Gasteiger partial charge in [0.2, 0.25) is 21.8 Å². The molecule has 0 bridgehead atoms. The summed E-state index contributed by atoms with van der Waals surface area (Å²) in [5.74, 6) is -1.45. The Morgan fingerprint density at radius 2 is 1.59 bits per heavy atom. The SMILES string of the molecule is CC(C)CN(CC(O)[C@H](Cc1ccccc1)NC(=O)[C@H](NC(=O)CNCc1cccc(F)c1)C(C)(C)C)S(=O)(=O)c1ccc(/C=N/O)cc1. The van der Waals surface area contributed by atoms with Gasteiger partial charge >= 0.3 is 0 Å². The van der Waals surface area contributed by atoms with Crippen LogP contribution in [0.1, 0.15) is 51.3 Å². The van der Waals surface area contributed by atoms with Gasteiger partial charge in [-0.1, -0.05) is 94.4 Å². The van der Waals surface area contributed by atoms with E-state index in [2.05, 4.69) is 21.1 Å². The van der Waals surface area contributed by atoms with E-state index in [1.54, 1.807) is 32.9 Å². The van der Waals surface area contributed by atoms with Crippen molar-refractivity contribution >= 4 is 28.1 Å². The number of halogens is 1. The highest BCUT2D eigenvalue weighted by molar-refractivity contribution is 7.89. The highest BCUT2D eigenvalue weighted by Crippen LogP contribution is 2.22. The minimum Gasteiger partial charge on any atom is -0.411 e. The molecule has 266 valence electrons. The Balaban J connectivity index is 1.82. The van der Waals surface area contributed by atoms with Gasteiger partial charge in [-0.15, -0.1) is 0 Å². The fourth-order valence-corrected chi connectivity index (χ4v) is 6.85. The van der Waals surface area contributed by atoms with Crippen LogP contribution in [0.5, 0.6) is 0 Å². The molecule has 11 nitrogen and oxygen atoms in total. The monoisotopic (exact) mass is 697 g/mol. The van der Waals surface area contributed by atoms with Crippen molar-refractivity contribution in [2.45, 2.75) is 70.7 Å². The fourth-order valence-electron chi connectivity index (χ4n) is 5.23. The normalized spacial score (nSPS) is 14.1. The number of aliphatic hydroxyl groups excluding tert-OH is 1. The zero-order valence-corrected chi connectivity index (χ0v) is 29.5. The molecule has 3 rings (SSSR count). The lowest BCUT2D eigenvalue weighted by atomic mass is 9.85. The molecule has 0 spiro atoms. The summed E-state index contributed by atoms with van der Waals surface area (Å²) in [4.78, 5) is 26.8. The summed E-state index contributed by atoms with van der Waals surface area (Å²) in [6.45, 7) is 9.05. The second-order valence-corrected chi connectivity index (χ2v) is 15.4. The zero-order chi connectivity index (χ0) is 36.2. The van der Waals surface area contributed by atoms with Crippen LogP contribution in [0.15, 0.2) is 88.9 Å². The second-order valence-electron chi connectivity index (χ2n) is 13.5. The summed E-state index contributed by atoms with van der Waals surface area (Å²) >= 11 is 0. The number of amides is 2. The van der Waals surface area contributed by atoms with Gasteiger partial charge in [-0.2, -0.15) is 4.31 Å². The van der Waals surface area contributed by atoms with Crippen LogP contribution in [0.25, 0.3) is 0 Å². The molecule has 5 N–H and O–H groups in total. The van der Waals surface area contributed by atoms with Crippen LogP contribution < -0.4 is 16.0 Å². The van der Waals surface area contributed by atoms with Crippen molar-refractivity contribution in [2.24, 2.45) is 16.5 Å². The van der Waals surface area contributed by atoms with E-state index in [9.17, 15) is 27.5 Å². The molecule has 2 amide bonds. The Bertz CT molecular complexity index is 1650. The fraction of sp³-hybridized carbons (Fsp3) is 0.417. The van der Waals surface area contributed by atoms with Crippen LogP contribution in [0.4, 0.5) is 4.39 Å². The maximum atomic E-state index is 13.9. The summed E-state index contributed by atoms with van der Waals surface area (Å²) in [7, 11) is -4.08. The number of sulfonamides is 1. The molecule has 0 aliphatic rings. The van der Waals surface area contributed by atoms with Crippen molar-refractivity contribution in [1.82, 2.24) is 20.3 Å². The predicted molar refractivity (Wildman–Crippen MR) is 187 cm³/mol. The van der Waals surface area contributed by atoms with E-state index in [0.29, 0.717) is 11.1 Å². The van der Waals surface area contributed by atoms with Crippen LogP contribution in [0.3, 0.4) is 0 Å². The highest BCUT2D eigenvalue weighted by atomic mass is 32.2. The third kappa shape index (κ3) is 12.3. The van der Waals surface area contributed by atoms with Gasteiger partial charge in [-0.3, -0.25) is 9.59 Å². The van der Waals surface area contributed by atoms with Gasteiger partial charge in [0.15, 0.2) is 0 Å². The Morgan fingerprint density at radius 3 is 2.18 bits per heavy atom. The van der Waals surface area contributed by atoms with Gasteiger partial charge < -0.3 is 26.3 Å². The first-order chi connectivity index (χ1) is 23.1. The molecule has 0 aromatic heterocycles. The molecule has 0 saturated heterocycles. The van der Waals surface area contributed by atoms with E-state index < -0.39 is 45.4 Å². The number of nitrogens with zero attached hydrogens (tertiary/aromatic N) is 2. The lowest BCUT2D eigenvalue weighted by Gasteiger charge is -2.34. The highest BCUT2D eigenvalue weighted by Gasteiger charge is 2.36. The molecule has 0 aliphatic heterocycles.